The molecule has 0 amide bonds. The average Bonchev–Trinajstić information content (AvgIpc) is 2.58. The molecule has 0 aromatic heterocycles. The van der Waals surface area contributed by atoms with Gasteiger partial charge in [-0.3, -0.25) is 0 Å². The van der Waals surface area contributed by atoms with Gasteiger partial charge in [-0.25, -0.2) is 0 Å². The molecule has 2 rings (SSSR count). The molecular formula is C16H18N2O4. The number of azo groups is 1. The van der Waals surface area contributed by atoms with Crippen LogP contribution in [0.2, 0.25) is 0 Å². The minimum atomic E-state index is 0.409. The Bertz CT molecular complexity index is 657. The van der Waals surface area contributed by atoms with Crippen molar-refractivity contribution in [3.63, 3.8) is 0 Å². The lowest BCUT2D eigenvalue weighted by molar-refractivity contribution is 0.306. The fourth-order valence-corrected chi connectivity index (χ4v) is 1.99. The molecule has 0 N–H and O–H groups in total. The predicted molar refractivity (Wildman–Crippen MR) is 83.3 cm³/mol. The third-order valence-electron chi connectivity index (χ3n) is 3.00. The zero-order valence-electron chi connectivity index (χ0n) is 13.0. The van der Waals surface area contributed by atoms with Gasteiger partial charge in [0.05, 0.1) is 34.1 Å². The fraction of sp³-hybridized carbons (Fsp3) is 0.250. The zero-order chi connectivity index (χ0) is 15.9. The van der Waals surface area contributed by atoms with Crippen molar-refractivity contribution in [2.75, 3.05) is 28.4 Å². The SMILES string of the molecule is COc1cc(N=Nc2ccccc2)c(OC)c(OC)c1OC. The molecule has 0 radical (unpaired) electrons. The largest absolute Gasteiger partial charge is 0.493 e. The smallest absolute Gasteiger partial charge is 0.209 e. The number of methoxy groups -OCH3 is 4. The molecule has 0 aliphatic carbocycles. The summed E-state index contributed by atoms with van der Waals surface area (Å²) in [5.74, 6) is 1.77. The van der Waals surface area contributed by atoms with E-state index in [9.17, 15) is 0 Å². The van der Waals surface area contributed by atoms with Crippen molar-refractivity contribution in [2.45, 2.75) is 0 Å². The van der Waals surface area contributed by atoms with Crippen LogP contribution in [0.1, 0.15) is 0 Å². The maximum Gasteiger partial charge on any atom is 0.209 e. The maximum absolute atomic E-state index is 5.38. The highest BCUT2D eigenvalue weighted by atomic mass is 16.5. The summed E-state index contributed by atoms with van der Waals surface area (Å²) < 4.78 is 21.4. The van der Waals surface area contributed by atoms with E-state index >= 15 is 0 Å². The molecule has 0 heterocycles. The molecular weight excluding hydrogens is 284 g/mol. The van der Waals surface area contributed by atoms with Gasteiger partial charge in [0.25, 0.3) is 0 Å². The molecule has 0 aliphatic heterocycles. The van der Waals surface area contributed by atoms with Crippen LogP contribution in [0.25, 0.3) is 0 Å². The molecule has 0 saturated carbocycles. The molecule has 2 aromatic rings. The van der Waals surface area contributed by atoms with Crippen LogP contribution in [0.15, 0.2) is 46.6 Å². The van der Waals surface area contributed by atoms with Crippen LogP contribution in [-0.2, 0) is 0 Å². The summed E-state index contributed by atoms with van der Waals surface area (Å²) in [5.41, 5.74) is 1.22. The van der Waals surface area contributed by atoms with E-state index in [1.54, 1.807) is 13.2 Å². The molecule has 0 fully saturated rings. The van der Waals surface area contributed by atoms with E-state index in [0.717, 1.165) is 5.69 Å². The van der Waals surface area contributed by atoms with Gasteiger partial charge in [-0.2, -0.15) is 5.11 Å². The van der Waals surface area contributed by atoms with Gasteiger partial charge < -0.3 is 18.9 Å². The van der Waals surface area contributed by atoms with Crippen molar-refractivity contribution in [3.05, 3.63) is 36.4 Å². The molecule has 0 unspecified atom stereocenters. The van der Waals surface area contributed by atoms with Gasteiger partial charge in [0.2, 0.25) is 11.5 Å². The summed E-state index contributed by atoms with van der Waals surface area (Å²) in [5, 5.41) is 8.41. The molecule has 116 valence electrons. The highest BCUT2D eigenvalue weighted by Gasteiger charge is 2.21. The van der Waals surface area contributed by atoms with Crippen molar-refractivity contribution in [1.82, 2.24) is 0 Å². The molecule has 22 heavy (non-hydrogen) atoms. The van der Waals surface area contributed by atoms with Crippen molar-refractivity contribution in [1.29, 1.82) is 0 Å². The van der Waals surface area contributed by atoms with Gasteiger partial charge in [0, 0.05) is 6.07 Å². The molecule has 0 atom stereocenters. The highest BCUT2D eigenvalue weighted by molar-refractivity contribution is 5.70. The number of nitrogens with zero attached hydrogens (tertiary/aromatic N) is 2. The monoisotopic (exact) mass is 302 g/mol. The van der Waals surface area contributed by atoms with E-state index in [-0.39, 0.29) is 0 Å². The normalized spacial score (nSPS) is 10.5. The van der Waals surface area contributed by atoms with Crippen LogP contribution in [0.4, 0.5) is 11.4 Å². The van der Waals surface area contributed by atoms with Crippen molar-refractivity contribution in [2.24, 2.45) is 10.2 Å². The summed E-state index contributed by atoms with van der Waals surface area (Å²) in [7, 11) is 6.14. The lowest BCUT2D eigenvalue weighted by Gasteiger charge is -2.16. The first-order chi connectivity index (χ1) is 10.7. The van der Waals surface area contributed by atoms with Crippen LogP contribution in [0.5, 0.6) is 23.0 Å². The van der Waals surface area contributed by atoms with Gasteiger partial charge >= 0.3 is 0 Å². The predicted octanol–water partition coefficient (Wildman–Crippen LogP) is 4.14. The third kappa shape index (κ3) is 3.11. The Morgan fingerprint density at radius 3 is 1.86 bits per heavy atom. The summed E-state index contributed by atoms with van der Waals surface area (Å²) in [6.45, 7) is 0. The lowest BCUT2D eigenvalue weighted by Crippen LogP contribution is -1.98. The molecule has 6 heteroatoms. The quantitative estimate of drug-likeness (QED) is 0.752. The minimum absolute atomic E-state index is 0.409. The number of ether oxygens (including phenoxy) is 4. The van der Waals surface area contributed by atoms with E-state index in [2.05, 4.69) is 10.2 Å². The Hall–Kier alpha value is -2.76. The van der Waals surface area contributed by atoms with E-state index in [0.29, 0.717) is 28.7 Å². The highest BCUT2D eigenvalue weighted by Crippen LogP contribution is 2.50. The maximum atomic E-state index is 5.38. The first kappa shape index (κ1) is 15.6. The zero-order valence-corrected chi connectivity index (χ0v) is 13.0. The molecule has 0 spiro atoms. The van der Waals surface area contributed by atoms with Crippen molar-refractivity contribution >= 4 is 11.4 Å². The Morgan fingerprint density at radius 1 is 0.682 bits per heavy atom. The lowest BCUT2D eigenvalue weighted by atomic mass is 10.2. The second-order valence-electron chi connectivity index (χ2n) is 4.23. The van der Waals surface area contributed by atoms with Crippen LogP contribution < -0.4 is 18.9 Å². The van der Waals surface area contributed by atoms with Gasteiger partial charge in [-0.05, 0) is 12.1 Å². The van der Waals surface area contributed by atoms with Crippen LogP contribution in [-0.4, -0.2) is 28.4 Å². The van der Waals surface area contributed by atoms with E-state index in [4.69, 9.17) is 18.9 Å². The standard InChI is InChI=1S/C16H18N2O4/c1-19-13-10-12(18-17-11-8-6-5-7-9-11)14(20-2)16(22-4)15(13)21-3/h5-10H,1-4H3. The number of hydrogen-bond donors (Lipinski definition) is 0. The fourth-order valence-electron chi connectivity index (χ4n) is 1.99. The Labute approximate surface area is 129 Å². The van der Waals surface area contributed by atoms with E-state index in [1.807, 2.05) is 30.3 Å². The number of hydrogen-bond acceptors (Lipinski definition) is 6. The van der Waals surface area contributed by atoms with Crippen LogP contribution >= 0.6 is 0 Å². The first-order valence-electron chi connectivity index (χ1n) is 6.58. The first-order valence-corrected chi connectivity index (χ1v) is 6.58. The Balaban J connectivity index is 2.52. The topological polar surface area (TPSA) is 61.6 Å². The van der Waals surface area contributed by atoms with E-state index in [1.165, 1.54) is 21.3 Å². The van der Waals surface area contributed by atoms with Gasteiger partial charge in [0.1, 0.15) is 5.69 Å². The number of benzene rings is 2. The summed E-state index contributed by atoms with van der Waals surface area (Å²) in [6.07, 6.45) is 0. The summed E-state index contributed by atoms with van der Waals surface area (Å²) >= 11 is 0. The Morgan fingerprint density at radius 2 is 1.32 bits per heavy atom. The van der Waals surface area contributed by atoms with Crippen molar-refractivity contribution < 1.29 is 18.9 Å². The number of rotatable bonds is 6. The van der Waals surface area contributed by atoms with E-state index < -0.39 is 0 Å². The van der Waals surface area contributed by atoms with Crippen molar-refractivity contribution in [3.8, 4) is 23.0 Å². The molecule has 0 bridgehead atoms. The summed E-state index contributed by atoms with van der Waals surface area (Å²) in [4.78, 5) is 0. The Kier molecular flexibility index (Phi) is 5.19. The minimum Gasteiger partial charge on any atom is -0.493 e. The molecule has 2 aromatic carbocycles. The second-order valence-corrected chi connectivity index (χ2v) is 4.23. The molecule has 0 saturated heterocycles. The molecule has 0 aliphatic rings. The molecule has 6 nitrogen and oxygen atoms in total. The van der Waals surface area contributed by atoms with Crippen LogP contribution in [0.3, 0.4) is 0 Å². The average molecular weight is 302 g/mol. The van der Waals surface area contributed by atoms with Crippen LogP contribution in [0, 0.1) is 0 Å². The van der Waals surface area contributed by atoms with Gasteiger partial charge in [-0.15, -0.1) is 5.11 Å². The van der Waals surface area contributed by atoms with Gasteiger partial charge in [-0.1, -0.05) is 18.2 Å². The third-order valence-corrected chi connectivity index (χ3v) is 3.00. The summed E-state index contributed by atoms with van der Waals surface area (Å²) in [6, 6.07) is 11.1. The second kappa shape index (κ2) is 7.31. The van der Waals surface area contributed by atoms with Gasteiger partial charge in [0.15, 0.2) is 11.5 Å².